The van der Waals surface area contributed by atoms with E-state index in [9.17, 15) is 5.11 Å². The van der Waals surface area contributed by atoms with Gasteiger partial charge in [-0.2, -0.15) is 0 Å². The van der Waals surface area contributed by atoms with E-state index >= 15 is 0 Å². The molecule has 0 radical (unpaired) electrons. The smallest absolute Gasteiger partial charge is 0.200 e. The van der Waals surface area contributed by atoms with E-state index in [4.69, 9.17) is 10.2 Å². The minimum Gasteiger partial charge on any atom is -0.504 e. The highest BCUT2D eigenvalue weighted by Crippen LogP contribution is 2.40. The maximum absolute atomic E-state index is 9.36. The Hall–Kier alpha value is -1.90. The molecule has 0 amide bonds. The van der Waals surface area contributed by atoms with Gasteiger partial charge in [0.15, 0.2) is 11.5 Å². The third-order valence-corrected chi connectivity index (χ3v) is 1.75. The summed E-state index contributed by atoms with van der Waals surface area (Å²) in [4.78, 5) is 0. The summed E-state index contributed by atoms with van der Waals surface area (Å²) in [5.74, 6) is -1.30. The first-order chi connectivity index (χ1) is 6.11. The molecule has 0 heterocycles. The lowest BCUT2D eigenvalue weighted by Crippen LogP contribution is -1.83. The van der Waals surface area contributed by atoms with Crippen LogP contribution in [-0.2, 0) is 0 Å². The molecule has 0 saturated carbocycles. The van der Waals surface area contributed by atoms with Gasteiger partial charge in [-0.25, -0.2) is 0 Å². The summed E-state index contributed by atoms with van der Waals surface area (Å²) in [6.45, 7) is 6.97. The van der Waals surface area contributed by atoms with Crippen molar-refractivity contribution < 1.29 is 15.3 Å². The van der Waals surface area contributed by atoms with Crippen molar-refractivity contribution in [3.05, 3.63) is 30.4 Å². The molecule has 3 nitrogen and oxygen atoms in total. The van der Waals surface area contributed by atoms with Gasteiger partial charge in [0.2, 0.25) is 5.75 Å². The molecule has 0 aliphatic rings. The summed E-state index contributed by atoms with van der Waals surface area (Å²) in [6.07, 6.45) is 2.83. The van der Waals surface area contributed by atoms with Crippen LogP contribution >= 0.6 is 0 Å². The van der Waals surface area contributed by atoms with E-state index < -0.39 is 5.75 Å². The topological polar surface area (TPSA) is 60.7 Å². The monoisotopic (exact) mass is 178 g/mol. The fourth-order valence-electron chi connectivity index (χ4n) is 1.06. The third-order valence-electron chi connectivity index (χ3n) is 1.75. The lowest BCUT2D eigenvalue weighted by atomic mass is 10.1. The Labute approximate surface area is 75.9 Å². The van der Waals surface area contributed by atoms with E-state index in [1.807, 2.05) is 0 Å². The second kappa shape index (κ2) is 3.23. The normalized spacial score (nSPS) is 9.54. The maximum Gasteiger partial charge on any atom is 0.200 e. The third kappa shape index (κ3) is 1.36. The zero-order valence-electron chi connectivity index (χ0n) is 6.99. The molecule has 0 aliphatic heterocycles. The van der Waals surface area contributed by atoms with E-state index in [-0.39, 0.29) is 11.5 Å². The van der Waals surface area contributed by atoms with Gasteiger partial charge in [-0.1, -0.05) is 25.3 Å². The molecule has 13 heavy (non-hydrogen) atoms. The number of hydrogen-bond donors (Lipinski definition) is 3. The predicted molar refractivity (Wildman–Crippen MR) is 51.6 cm³/mol. The van der Waals surface area contributed by atoms with Crippen LogP contribution in [0.25, 0.3) is 12.2 Å². The van der Waals surface area contributed by atoms with Gasteiger partial charge in [-0.15, -0.1) is 0 Å². The zero-order valence-corrected chi connectivity index (χ0v) is 6.99. The molecule has 0 spiro atoms. The molecule has 3 N–H and O–H groups in total. The van der Waals surface area contributed by atoms with Gasteiger partial charge in [-0.05, 0) is 11.6 Å². The fraction of sp³-hybridized carbons (Fsp3) is 0. The van der Waals surface area contributed by atoms with Crippen LogP contribution in [0.1, 0.15) is 11.1 Å². The van der Waals surface area contributed by atoms with Crippen LogP contribution in [0.2, 0.25) is 0 Å². The number of rotatable bonds is 2. The largest absolute Gasteiger partial charge is 0.504 e. The minimum absolute atomic E-state index is 0.352. The lowest BCUT2D eigenvalue weighted by molar-refractivity contribution is 0.367. The predicted octanol–water partition coefficient (Wildman–Crippen LogP) is 2.09. The Morgan fingerprint density at radius 3 is 2.08 bits per heavy atom. The highest BCUT2D eigenvalue weighted by atomic mass is 16.3. The van der Waals surface area contributed by atoms with E-state index in [2.05, 4.69) is 13.2 Å². The molecule has 0 fully saturated rings. The molecule has 0 aliphatic carbocycles. The average Bonchev–Trinajstić information content (AvgIpc) is 2.13. The van der Waals surface area contributed by atoms with E-state index in [1.54, 1.807) is 0 Å². The zero-order chi connectivity index (χ0) is 10.0. The molecule has 1 aromatic rings. The molecule has 68 valence electrons. The minimum atomic E-state index is -0.541. The number of benzene rings is 1. The molecule has 0 aromatic heterocycles. The van der Waals surface area contributed by atoms with Gasteiger partial charge < -0.3 is 15.3 Å². The van der Waals surface area contributed by atoms with Crippen molar-refractivity contribution in [2.45, 2.75) is 0 Å². The highest BCUT2D eigenvalue weighted by Gasteiger charge is 2.12. The summed E-state index contributed by atoms with van der Waals surface area (Å²) in [5.41, 5.74) is 0.869. The van der Waals surface area contributed by atoms with E-state index in [0.717, 1.165) is 0 Å². The molecule has 1 aromatic carbocycles. The van der Waals surface area contributed by atoms with Crippen LogP contribution in [0.5, 0.6) is 17.2 Å². The number of phenolic OH excluding ortho intramolecular Hbond substituents is 3. The first-order valence-corrected chi connectivity index (χ1v) is 3.64. The lowest BCUT2D eigenvalue weighted by Gasteiger charge is -2.07. The molecule has 0 saturated heterocycles. The Morgan fingerprint density at radius 1 is 1.00 bits per heavy atom. The van der Waals surface area contributed by atoms with Gasteiger partial charge in [0.1, 0.15) is 0 Å². The highest BCUT2D eigenvalue weighted by molar-refractivity contribution is 5.74. The molecular formula is C10H10O3. The van der Waals surface area contributed by atoms with Crippen LogP contribution in [0.15, 0.2) is 19.2 Å². The first-order valence-electron chi connectivity index (χ1n) is 3.64. The van der Waals surface area contributed by atoms with Crippen LogP contribution < -0.4 is 0 Å². The summed E-state index contributed by atoms with van der Waals surface area (Å²) in [6, 6.07) is 1.30. The molecule has 1 rings (SSSR count). The van der Waals surface area contributed by atoms with Crippen LogP contribution in [0.3, 0.4) is 0 Å². The van der Waals surface area contributed by atoms with Crippen molar-refractivity contribution in [1.82, 2.24) is 0 Å². The van der Waals surface area contributed by atoms with Gasteiger partial charge in [0.25, 0.3) is 0 Å². The second-order valence-electron chi connectivity index (χ2n) is 2.50. The maximum atomic E-state index is 9.36. The molecule has 0 atom stereocenters. The molecule has 0 bridgehead atoms. The van der Waals surface area contributed by atoms with Crippen molar-refractivity contribution in [2.75, 3.05) is 0 Å². The fourth-order valence-corrected chi connectivity index (χ4v) is 1.06. The van der Waals surface area contributed by atoms with Crippen LogP contribution in [0, 0.1) is 0 Å². The number of aromatic hydroxyl groups is 3. The summed E-state index contributed by atoms with van der Waals surface area (Å²) < 4.78 is 0. The first kappa shape index (κ1) is 9.19. The van der Waals surface area contributed by atoms with Gasteiger partial charge in [0.05, 0.1) is 0 Å². The summed E-state index contributed by atoms with van der Waals surface area (Å²) in [7, 11) is 0. The van der Waals surface area contributed by atoms with Crippen molar-refractivity contribution in [2.24, 2.45) is 0 Å². The van der Waals surface area contributed by atoms with Crippen molar-refractivity contribution in [3.8, 4) is 17.2 Å². The van der Waals surface area contributed by atoms with Crippen molar-refractivity contribution in [1.29, 1.82) is 0 Å². The molecule has 3 heteroatoms. The van der Waals surface area contributed by atoms with Gasteiger partial charge in [0, 0.05) is 5.56 Å². The summed E-state index contributed by atoms with van der Waals surface area (Å²) >= 11 is 0. The summed E-state index contributed by atoms with van der Waals surface area (Å²) in [5, 5.41) is 27.7. The van der Waals surface area contributed by atoms with E-state index in [1.165, 1.54) is 18.2 Å². The standard InChI is InChI=1S/C10H10O3/c1-3-6-5-8(11)10(13)9(12)7(6)4-2/h3-5,11-13H,1-2H2. The van der Waals surface area contributed by atoms with Crippen LogP contribution in [-0.4, -0.2) is 15.3 Å². The Bertz CT molecular complexity index is 367. The molecule has 0 unspecified atom stereocenters. The van der Waals surface area contributed by atoms with E-state index in [0.29, 0.717) is 11.1 Å². The van der Waals surface area contributed by atoms with Gasteiger partial charge in [-0.3, -0.25) is 0 Å². The van der Waals surface area contributed by atoms with Gasteiger partial charge >= 0.3 is 0 Å². The van der Waals surface area contributed by atoms with Crippen LogP contribution in [0.4, 0.5) is 0 Å². The number of phenols is 3. The van der Waals surface area contributed by atoms with Crippen molar-refractivity contribution in [3.63, 3.8) is 0 Å². The number of hydrogen-bond acceptors (Lipinski definition) is 3. The Morgan fingerprint density at radius 2 is 1.62 bits per heavy atom. The molecular weight excluding hydrogens is 168 g/mol. The Balaban J connectivity index is 3.56. The van der Waals surface area contributed by atoms with Crippen molar-refractivity contribution >= 4 is 12.2 Å². The average molecular weight is 178 g/mol. The Kier molecular flexibility index (Phi) is 2.28. The quantitative estimate of drug-likeness (QED) is 0.607. The SMILES string of the molecule is C=Cc1cc(O)c(O)c(O)c1C=C. The second-order valence-corrected chi connectivity index (χ2v) is 2.50.